The first kappa shape index (κ1) is 18.8. The van der Waals surface area contributed by atoms with Gasteiger partial charge in [0, 0.05) is 10.8 Å². The van der Waals surface area contributed by atoms with E-state index < -0.39 is 0 Å². The second-order valence-corrected chi connectivity index (χ2v) is 6.48. The van der Waals surface area contributed by atoms with Crippen LogP contribution in [0.15, 0.2) is 64.2 Å². The molecule has 0 aliphatic rings. The number of hydrogen-bond acceptors (Lipinski definition) is 5. The van der Waals surface area contributed by atoms with Crippen LogP contribution in [0.5, 0.6) is 0 Å². The summed E-state index contributed by atoms with van der Waals surface area (Å²) < 4.78 is 5.65. The zero-order valence-electron chi connectivity index (χ0n) is 12.7. The highest BCUT2D eigenvalue weighted by Crippen LogP contribution is 2.25. The van der Waals surface area contributed by atoms with Crippen molar-refractivity contribution in [2.45, 2.75) is 23.4 Å². The summed E-state index contributed by atoms with van der Waals surface area (Å²) in [5.74, 6) is 1.18. The lowest BCUT2D eigenvalue weighted by Crippen LogP contribution is -3.00. The minimum atomic E-state index is -0.301. The Bertz CT molecular complexity index is 767. The summed E-state index contributed by atoms with van der Waals surface area (Å²) in [5, 5.41) is 9.34. The van der Waals surface area contributed by atoms with Gasteiger partial charge in [-0.25, -0.2) is 0 Å². The maximum absolute atomic E-state index is 6.14. The van der Waals surface area contributed by atoms with Crippen LogP contribution in [0.25, 0.3) is 0 Å². The van der Waals surface area contributed by atoms with E-state index in [4.69, 9.17) is 21.8 Å². The lowest BCUT2D eigenvalue weighted by molar-refractivity contribution is -0.00000522. The fourth-order valence-electron chi connectivity index (χ4n) is 2.16. The number of hydrogen-bond donors (Lipinski definition) is 1. The van der Waals surface area contributed by atoms with Crippen molar-refractivity contribution in [1.82, 2.24) is 10.2 Å². The molecule has 3 aromatic rings. The largest absolute Gasteiger partial charge is 1.00 e. The molecule has 0 aliphatic carbocycles. The summed E-state index contributed by atoms with van der Waals surface area (Å²) in [7, 11) is 0. The third kappa shape index (κ3) is 5.24. The molecule has 1 atom stereocenters. The molecule has 0 radical (unpaired) electrons. The first-order valence-electron chi connectivity index (χ1n) is 7.21. The van der Waals surface area contributed by atoms with Gasteiger partial charge >= 0.3 is 0 Å². The van der Waals surface area contributed by atoms with Gasteiger partial charge in [0.15, 0.2) is 0 Å². The Labute approximate surface area is 156 Å². The molecule has 0 fully saturated rings. The molecule has 126 valence electrons. The quantitative estimate of drug-likeness (QED) is 0.652. The number of aromatic nitrogens is 2. The number of halogens is 2. The minimum Gasteiger partial charge on any atom is -1.00 e. The van der Waals surface area contributed by atoms with Crippen molar-refractivity contribution in [3.63, 3.8) is 0 Å². The van der Waals surface area contributed by atoms with Crippen molar-refractivity contribution >= 4 is 23.4 Å². The van der Waals surface area contributed by atoms with Gasteiger partial charge in [0.1, 0.15) is 0 Å². The molecular weight excluding hydrogens is 365 g/mol. The van der Waals surface area contributed by atoms with Crippen LogP contribution in [0.4, 0.5) is 0 Å². The van der Waals surface area contributed by atoms with Crippen molar-refractivity contribution < 1.29 is 16.8 Å². The Kier molecular flexibility index (Phi) is 7.12. The maximum Gasteiger partial charge on any atom is 0.276 e. The lowest BCUT2D eigenvalue weighted by Gasteiger charge is -2.06. The fraction of sp³-hybridized carbons (Fsp3) is 0.176. The summed E-state index contributed by atoms with van der Waals surface area (Å²) in [4.78, 5) is 0. The molecule has 0 saturated carbocycles. The van der Waals surface area contributed by atoms with E-state index in [1.54, 1.807) is 0 Å². The van der Waals surface area contributed by atoms with E-state index in [2.05, 4.69) is 10.2 Å². The smallest absolute Gasteiger partial charge is 0.276 e. The molecule has 7 heteroatoms. The van der Waals surface area contributed by atoms with Crippen LogP contribution in [-0.2, 0) is 12.2 Å². The minimum absolute atomic E-state index is 0. The molecule has 1 heterocycles. The number of thioether (sulfide) groups is 1. The highest BCUT2D eigenvalue weighted by atomic mass is 35.5. The Morgan fingerprint density at radius 2 is 1.79 bits per heavy atom. The molecular formula is C17H16Cl2N3OS-. The van der Waals surface area contributed by atoms with Gasteiger partial charge in [-0.15, -0.1) is 10.2 Å². The Hall–Kier alpha value is -1.53. The van der Waals surface area contributed by atoms with Crippen molar-refractivity contribution in [2.75, 3.05) is 0 Å². The number of nitrogens with two attached hydrogens (primary N) is 1. The van der Waals surface area contributed by atoms with E-state index in [1.807, 2.05) is 54.6 Å². The summed E-state index contributed by atoms with van der Waals surface area (Å²) in [5.41, 5.74) is 8.40. The van der Waals surface area contributed by atoms with E-state index in [9.17, 15) is 0 Å². The third-order valence-corrected chi connectivity index (χ3v) is 4.41. The summed E-state index contributed by atoms with van der Waals surface area (Å²) in [6.07, 6.45) is 0.668. The first-order chi connectivity index (χ1) is 11.2. The van der Waals surface area contributed by atoms with E-state index in [1.165, 1.54) is 11.8 Å². The van der Waals surface area contributed by atoms with Gasteiger partial charge in [-0.3, -0.25) is 0 Å². The molecule has 0 spiro atoms. The maximum atomic E-state index is 6.14. The molecule has 4 nitrogen and oxygen atoms in total. The van der Waals surface area contributed by atoms with Gasteiger partial charge in [-0.05, 0) is 29.7 Å². The Morgan fingerprint density at radius 1 is 1.04 bits per heavy atom. The van der Waals surface area contributed by atoms with Gasteiger partial charge in [0.25, 0.3) is 5.22 Å². The van der Waals surface area contributed by atoms with Crippen molar-refractivity contribution in [2.24, 2.45) is 5.73 Å². The van der Waals surface area contributed by atoms with Crippen molar-refractivity contribution in [3.8, 4) is 0 Å². The number of nitrogens with zero attached hydrogens (tertiary/aromatic N) is 2. The van der Waals surface area contributed by atoms with Gasteiger partial charge in [-0.2, -0.15) is 0 Å². The van der Waals surface area contributed by atoms with Gasteiger partial charge in [0.05, 0.1) is 6.04 Å². The van der Waals surface area contributed by atoms with Gasteiger partial charge < -0.3 is 22.6 Å². The van der Waals surface area contributed by atoms with Crippen LogP contribution in [0.3, 0.4) is 0 Å². The normalized spacial score (nSPS) is 11.8. The highest BCUT2D eigenvalue weighted by molar-refractivity contribution is 7.98. The van der Waals surface area contributed by atoms with Gasteiger partial charge in [-0.1, -0.05) is 65.8 Å². The topological polar surface area (TPSA) is 64.9 Å². The van der Waals surface area contributed by atoms with Crippen LogP contribution in [0.2, 0.25) is 5.02 Å². The van der Waals surface area contributed by atoms with Crippen LogP contribution in [-0.4, -0.2) is 10.2 Å². The highest BCUT2D eigenvalue weighted by Gasteiger charge is 2.15. The van der Waals surface area contributed by atoms with Crippen LogP contribution < -0.4 is 18.1 Å². The third-order valence-electron chi connectivity index (χ3n) is 3.29. The zero-order valence-corrected chi connectivity index (χ0v) is 15.1. The Morgan fingerprint density at radius 3 is 2.54 bits per heavy atom. The standard InChI is InChI=1S/C17H16ClN3OS.ClH/c18-14-8-4-7-13(9-14)11-23-17-21-20-16(22-17)15(19)10-12-5-2-1-3-6-12;/h1-9,15H,10-11,19H2;1H/p-1/t15-;/m0./s1. The van der Waals surface area contributed by atoms with E-state index in [0.717, 1.165) is 21.9 Å². The first-order valence-corrected chi connectivity index (χ1v) is 8.57. The summed E-state index contributed by atoms with van der Waals surface area (Å²) in [6, 6.07) is 17.4. The summed E-state index contributed by atoms with van der Waals surface area (Å²) in [6.45, 7) is 0. The van der Waals surface area contributed by atoms with Crippen LogP contribution in [0, 0.1) is 0 Å². The second kappa shape index (κ2) is 9.08. The lowest BCUT2D eigenvalue weighted by atomic mass is 10.1. The monoisotopic (exact) mass is 380 g/mol. The second-order valence-electron chi connectivity index (χ2n) is 5.12. The number of rotatable bonds is 6. The molecule has 1 aromatic heterocycles. The van der Waals surface area contributed by atoms with Gasteiger partial charge in [0.2, 0.25) is 5.89 Å². The molecule has 0 aliphatic heterocycles. The summed E-state index contributed by atoms with van der Waals surface area (Å²) >= 11 is 7.44. The van der Waals surface area contributed by atoms with Crippen molar-refractivity contribution in [3.05, 3.63) is 76.6 Å². The predicted octanol–water partition coefficient (Wildman–Crippen LogP) is 1.26. The zero-order chi connectivity index (χ0) is 16.1. The number of benzene rings is 2. The van der Waals surface area contributed by atoms with E-state index >= 15 is 0 Å². The van der Waals surface area contributed by atoms with E-state index in [0.29, 0.717) is 17.5 Å². The SMILES string of the molecule is N[C@@H](Cc1ccccc1)c1nnc(SCc2cccc(Cl)c2)o1.[Cl-]. The van der Waals surface area contributed by atoms with Crippen LogP contribution >= 0.6 is 23.4 Å². The molecule has 3 rings (SSSR count). The predicted molar refractivity (Wildman–Crippen MR) is 92.4 cm³/mol. The molecule has 2 aromatic carbocycles. The molecule has 24 heavy (non-hydrogen) atoms. The molecule has 0 amide bonds. The molecule has 0 bridgehead atoms. The molecule has 2 N–H and O–H groups in total. The molecule has 0 saturated heterocycles. The average molecular weight is 381 g/mol. The van der Waals surface area contributed by atoms with E-state index in [-0.39, 0.29) is 18.4 Å². The van der Waals surface area contributed by atoms with Crippen molar-refractivity contribution in [1.29, 1.82) is 0 Å². The fourth-order valence-corrected chi connectivity index (χ4v) is 3.08. The average Bonchev–Trinajstić information content (AvgIpc) is 3.03. The molecule has 0 unspecified atom stereocenters. The Balaban J connectivity index is 0.00000208. The van der Waals surface area contributed by atoms with Crippen LogP contribution in [0.1, 0.15) is 23.1 Å².